The quantitative estimate of drug-likeness (QED) is 0.590. The van der Waals surface area contributed by atoms with Crippen molar-refractivity contribution in [2.45, 2.75) is 6.42 Å². The first-order valence-corrected chi connectivity index (χ1v) is 12.0. The Morgan fingerprint density at radius 3 is 2.32 bits per heavy atom. The molecule has 0 saturated carbocycles. The molecule has 0 radical (unpaired) electrons. The van der Waals surface area contributed by atoms with Crippen molar-refractivity contribution in [2.24, 2.45) is 5.92 Å². The number of anilines is 3. The number of morpholine rings is 1. The molecule has 34 heavy (non-hydrogen) atoms. The second-order valence-corrected chi connectivity index (χ2v) is 9.11. The highest BCUT2D eigenvalue weighted by Gasteiger charge is 2.23. The van der Waals surface area contributed by atoms with Crippen LogP contribution in [-0.4, -0.2) is 82.8 Å². The number of benzene rings is 2. The molecule has 2 saturated heterocycles. The fraction of sp³-hybridized carbons (Fsp3) is 0.462. The molecule has 2 aromatic rings. The number of nitrogens with zero attached hydrogens (tertiary/aromatic N) is 3. The lowest BCUT2D eigenvalue weighted by Gasteiger charge is -2.28. The van der Waals surface area contributed by atoms with Crippen molar-refractivity contribution in [1.82, 2.24) is 10.2 Å². The van der Waals surface area contributed by atoms with Crippen molar-refractivity contribution >= 4 is 28.9 Å². The summed E-state index contributed by atoms with van der Waals surface area (Å²) in [5, 5.41) is 5.95. The lowest BCUT2D eigenvalue weighted by molar-refractivity contribution is -0.123. The molecule has 0 aromatic heterocycles. The molecule has 2 aliphatic rings. The highest BCUT2D eigenvalue weighted by molar-refractivity contribution is 5.92. The standard InChI is InChI=1S/C26H35N5O3/c1-29(19-25(32)27-17-21-11-12-31(18-21)23-5-3-2-4-6-23)20-26(33)28-22-7-9-24(10-8-22)30-13-15-34-16-14-30/h2-10,21H,11-20H2,1H3,(H,27,32)(H,28,33). The molecule has 2 aliphatic heterocycles. The van der Waals surface area contributed by atoms with Crippen molar-refractivity contribution in [1.29, 1.82) is 0 Å². The van der Waals surface area contributed by atoms with Crippen molar-refractivity contribution in [3.05, 3.63) is 54.6 Å². The van der Waals surface area contributed by atoms with E-state index in [9.17, 15) is 9.59 Å². The van der Waals surface area contributed by atoms with E-state index in [0.29, 0.717) is 12.5 Å². The van der Waals surface area contributed by atoms with Crippen LogP contribution in [0.2, 0.25) is 0 Å². The van der Waals surface area contributed by atoms with E-state index in [0.717, 1.165) is 57.2 Å². The third-order valence-corrected chi connectivity index (χ3v) is 6.35. The molecule has 8 nitrogen and oxygen atoms in total. The summed E-state index contributed by atoms with van der Waals surface area (Å²) in [7, 11) is 1.79. The van der Waals surface area contributed by atoms with E-state index in [-0.39, 0.29) is 24.9 Å². The minimum absolute atomic E-state index is 0.0525. The molecule has 8 heteroatoms. The molecule has 2 aromatic carbocycles. The first kappa shape index (κ1) is 24.0. The predicted octanol–water partition coefficient (Wildman–Crippen LogP) is 2.04. The third-order valence-electron chi connectivity index (χ3n) is 6.35. The van der Waals surface area contributed by atoms with Gasteiger partial charge in [-0.3, -0.25) is 14.5 Å². The topological polar surface area (TPSA) is 77.2 Å². The number of hydrogen-bond acceptors (Lipinski definition) is 6. The molecule has 0 bridgehead atoms. The monoisotopic (exact) mass is 465 g/mol. The van der Waals surface area contributed by atoms with Gasteiger partial charge in [0.25, 0.3) is 0 Å². The number of carbonyl (C=O) groups excluding carboxylic acids is 2. The average molecular weight is 466 g/mol. The van der Waals surface area contributed by atoms with E-state index in [1.165, 1.54) is 5.69 Å². The smallest absolute Gasteiger partial charge is 0.238 e. The SMILES string of the molecule is CN(CC(=O)NCC1CCN(c2ccccc2)C1)CC(=O)Nc1ccc(N2CCOCC2)cc1. The van der Waals surface area contributed by atoms with Gasteiger partial charge in [-0.1, -0.05) is 18.2 Å². The first-order chi connectivity index (χ1) is 16.6. The molecule has 2 N–H and O–H groups in total. The van der Waals surface area contributed by atoms with Crippen LogP contribution in [0, 0.1) is 5.92 Å². The molecule has 4 rings (SSSR count). The summed E-state index contributed by atoms with van der Waals surface area (Å²) >= 11 is 0. The number of para-hydroxylation sites is 1. The number of nitrogens with one attached hydrogen (secondary N) is 2. The largest absolute Gasteiger partial charge is 0.378 e. The lowest BCUT2D eigenvalue weighted by Crippen LogP contribution is -2.40. The normalized spacial score (nSPS) is 18.2. The third kappa shape index (κ3) is 6.95. The number of hydrogen-bond donors (Lipinski definition) is 2. The number of amides is 2. The summed E-state index contributed by atoms with van der Waals surface area (Å²) in [4.78, 5) is 31.2. The number of likely N-dealkylation sites (N-methyl/N-ethyl adjacent to an activating group) is 1. The van der Waals surface area contributed by atoms with Crippen LogP contribution in [0.15, 0.2) is 54.6 Å². The fourth-order valence-electron chi connectivity index (χ4n) is 4.51. The second kappa shape index (κ2) is 11.9. The maximum Gasteiger partial charge on any atom is 0.238 e. The highest BCUT2D eigenvalue weighted by atomic mass is 16.5. The molecule has 2 fully saturated rings. The van der Waals surface area contributed by atoms with Crippen LogP contribution in [0.25, 0.3) is 0 Å². The number of ether oxygens (including phenoxy) is 1. The highest BCUT2D eigenvalue weighted by Crippen LogP contribution is 2.23. The summed E-state index contributed by atoms with van der Waals surface area (Å²) < 4.78 is 5.39. The van der Waals surface area contributed by atoms with Gasteiger partial charge >= 0.3 is 0 Å². The van der Waals surface area contributed by atoms with Crippen LogP contribution in [0.5, 0.6) is 0 Å². The van der Waals surface area contributed by atoms with E-state index in [2.05, 4.69) is 44.7 Å². The Hall–Kier alpha value is -3.10. The van der Waals surface area contributed by atoms with Crippen LogP contribution in [0.3, 0.4) is 0 Å². The zero-order valence-corrected chi connectivity index (χ0v) is 19.9. The zero-order chi connectivity index (χ0) is 23.8. The van der Waals surface area contributed by atoms with Gasteiger partial charge in [0.15, 0.2) is 0 Å². The van der Waals surface area contributed by atoms with Crippen LogP contribution < -0.4 is 20.4 Å². The van der Waals surface area contributed by atoms with Gasteiger partial charge in [-0.25, -0.2) is 0 Å². The van der Waals surface area contributed by atoms with E-state index < -0.39 is 0 Å². The molecule has 182 valence electrons. The van der Waals surface area contributed by atoms with Gasteiger partial charge in [0.05, 0.1) is 26.3 Å². The van der Waals surface area contributed by atoms with Crippen LogP contribution >= 0.6 is 0 Å². The molecule has 0 spiro atoms. The van der Waals surface area contributed by atoms with Gasteiger partial charge < -0.3 is 25.2 Å². The van der Waals surface area contributed by atoms with Crippen molar-refractivity contribution in [2.75, 3.05) is 81.2 Å². The zero-order valence-electron chi connectivity index (χ0n) is 19.9. The van der Waals surface area contributed by atoms with E-state index >= 15 is 0 Å². The minimum Gasteiger partial charge on any atom is -0.378 e. The predicted molar refractivity (Wildman–Crippen MR) is 135 cm³/mol. The van der Waals surface area contributed by atoms with Crippen molar-refractivity contribution in [3.8, 4) is 0 Å². The first-order valence-electron chi connectivity index (χ1n) is 12.0. The van der Waals surface area contributed by atoms with E-state index in [1.54, 1.807) is 11.9 Å². The van der Waals surface area contributed by atoms with Crippen molar-refractivity contribution in [3.63, 3.8) is 0 Å². The average Bonchev–Trinajstić information content (AvgIpc) is 3.33. The summed E-state index contributed by atoms with van der Waals surface area (Å²) in [6.07, 6.45) is 1.07. The molecular weight excluding hydrogens is 430 g/mol. The number of rotatable bonds is 9. The Labute approximate surface area is 201 Å². The van der Waals surface area contributed by atoms with Gasteiger partial charge in [0.1, 0.15) is 0 Å². The molecular formula is C26H35N5O3. The Morgan fingerprint density at radius 1 is 0.912 bits per heavy atom. The molecule has 1 unspecified atom stereocenters. The molecule has 2 heterocycles. The number of carbonyl (C=O) groups is 2. The van der Waals surface area contributed by atoms with Crippen LogP contribution in [0.4, 0.5) is 17.1 Å². The van der Waals surface area contributed by atoms with Crippen LogP contribution in [-0.2, 0) is 14.3 Å². The Morgan fingerprint density at radius 2 is 1.59 bits per heavy atom. The Balaban J connectivity index is 1.14. The summed E-state index contributed by atoms with van der Waals surface area (Å²) in [5.41, 5.74) is 3.12. The second-order valence-electron chi connectivity index (χ2n) is 9.11. The van der Waals surface area contributed by atoms with E-state index in [1.807, 2.05) is 30.3 Å². The summed E-state index contributed by atoms with van der Waals surface area (Å²) in [6.45, 7) is 6.22. The maximum absolute atomic E-state index is 12.4. The van der Waals surface area contributed by atoms with Gasteiger partial charge in [-0.05, 0) is 55.8 Å². The Kier molecular flexibility index (Phi) is 8.38. The van der Waals surface area contributed by atoms with Crippen molar-refractivity contribution < 1.29 is 14.3 Å². The van der Waals surface area contributed by atoms with Gasteiger partial charge in [0, 0.05) is 49.8 Å². The Bertz CT molecular complexity index is 931. The minimum atomic E-state index is -0.135. The lowest BCUT2D eigenvalue weighted by atomic mass is 10.1. The summed E-state index contributed by atoms with van der Waals surface area (Å²) in [5.74, 6) is 0.255. The molecule has 0 aliphatic carbocycles. The van der Waals surface area contributed by atoms with Crippen LogP contribution in [0.1, 0.15) is 6.42 Å². The van der Waals surface area contributed by atoms with Gasteiger partial charge in [-0.15, -0.1) is 0 Å². The van der Waals surface area contributed by atoms with Gasteiger partial charge in [0.2, 0.25) is 11.8 Å². The fourth-order valence-corrected chi connectivity index (χ4v) is 4.51. The maximum atomic E-state index is 12.4. The van der Waals surface area contributed by atoms with Gasteiger partial charge in [-0.2, -0.15) is 0 Å². The summed E-state index contributed by atoms with van der Waals surface area (Å²) in [6, 6.07) is 18.2. The van der Waals surface area contributed by atoms with E-state index in [4.69, 9.17) is 4.74 Å². The molecule has 2 amide bonds. The molecule has 1 atom stereocenters.